The van der Waals surface area contributed by atoms with Crippen LogP contribution in [0, 0.1) is 0 Å². The first-order valence-electron chi connectivity index (χ1n) is 6.62. The molecule has 20 heavy (non-hydrogen) atoms. The molecule has 1 saturated heterocycles. The highest BCUT2D eigenvalue weighted by atomic mass is 16.5. The highest BCUT2D eigenvalue weighted by Crippen LogP contribution is 2.22. The highest BCUT2D eigenvalue weighted by molar-refractivity contribution is 5.56. The zero-order valence-electron chi connectivity index (χ0n) is 11.3. The lowest BCUT2D eigenvalue weighted by atomic mass is 10.2. The van der Waals surface area contributed by atoms with Crippen LogP contribution in [0.4, 0.5) is 0 Å². The van der Waals surface area contributed by atoms with Crippen LogP contribution >= 0.6 is 0 Å². The number of aliphatic hydroxyl groups excluding tert-OH is 1. The predicted octanol–water partition coefficient (Wildman–Crippen LogP) is 1.31. The molecular weight excluding hydrogens is 258 g/mol. The summed E-state index contributed by atoms with van der Waals surface area (Å²) in [4.78, 5) is 6.49. The van der Waals surface area contributed by atoms with Gasteiger partial charge >= 0.3 is 0 Å². The van der Waals surface area contributed by atoms with Crippen LogP contribution in [0.3, 0.4) is 0 Å². The lowest BCUT2D eigenvalue weighted by Gasteiger charge is -2.10. The molecule has 1 aromatic heterocycles. The molecule has 0 saturated carbocycles. The van der Waals surface area contributed by atoms with Crippen LogP contribution in [-0.4, -0.2) is 46.5 Å². The van der Waals surface area contributed by atoms with Gasteiger partial charge in [-0.1, -0.05) is 17.3 Å². The third-order valence-electron chi connectivity index (χ3n) is 3.40. The summed E-state index contributed by atoms with van der Waals surface area (Å²) in [6.45, 7) is 2.10. The Morgan fingerprint density at radius 2 is 2.40 bits per heavy atom. The Balaban J connectivity index is 1.72. The smallest absolute Gasteiger partial charge is 0.241 e. The molecule has 1 aliphatic heterocycles. The van der Waals surface area contributed by atoms with Crippen LogP contribution in [0.5, 0.6) is 5.75 Å². The van der Waals surface area contributed by atoms with Crippen LogP contribution in [0.2, 0.25) is 0 Å². The molecular formula is C14H17N3O3. The molecule has 3 rings (SSSR count). The number of benzene rings is 1. The standard InChI is InChI=1S/C14H17N3O3/c1-19-12-4-2-3-10(7-12)14-15-13(20-16-14)9-17-6-5-11(18)8-17/h2-4,7,11,18H,5-6,8-9H2,1H3. The van der Waals surface area contributed by atoms with Gasteiger partial charge in [-0.25, -0.2) is 0 Å². The van der Waals surface area contributed by atoms with Crippen molar-refractivity contribution in [2.75, 3.05) is 20.2 Å². The maximum Gasteiger partial charge on any atom is 0.241 e. The summed E-state index contributed by atoms with van der Waals surface area (Å²) in [5, 5.41) is 13.5. The zero-order chi connectivity index (χ0) is 13.9. The van der Waals surface area contributed by atoms with Gasteiger partial charge in [-0.15, -0.1) is 0 Å². The fraction of sp³-hybridized carbons (Fsp3) is 0.429. The van der Waals surface area contributed by atoms with Gasteiger partial charge in [0, 0.05) is 18.7 Å². The van der Waals surface area contributed by atoms with Crippen LogP contribution in [0.15, 0.2) is 28.8 Å². The third-order valence-corrected chi connectivity index (χ3v) is 3.40. The van der Waals surface area contributed by atoms with Gasteiger partial charge in [0.2, 0.25) is 11.7 Å². The molecule has 1 aliphatic rings. The molecule has 2 heterocycles. The van der Waals surface area contributed by atoms with Crippen LogP contribution in [0.1, 0.15) is 12.3 Å². The largest absolute Gasteiger partial charge is 0.497 e. The predicted molar refractivity (Wildman–Crippen MR) is 72.2 cm³/mol. The van der Waals surface area contributed by atoms with Crippen molar-refractivity contribution in [2.45, 2.75) is 19.1 Å². The second-order valence-corrected chi connectivity index (χ2v) is 4.92. The molecule has 0 bridgehead atoms. The molecule has 2 aromatic rings. The van der Waals surface area contributed by atoms with Crippen molar-refractivity contribution in [3.63, 3.8) is 0 Å². The SMILES string of the molecule is COc1cccc(-c2noc(CN3CCC(O)C3)n2)c1. The van der Waals surface area contributed by atoms with Gasteiger partial charge in [-0.05, 0) is 18.6 Å². The molecule has 106 valence electrons. The van der Waals surface area contributed by atoms with Crippen molar-refractivity contribution >= 4 is 0 Å². The number of rotatable bonds is 4. The van der Waals surface area contributed by atoms with Crippen LogP contribution in [-0.2, 0) is 6.54 Å². The second kappa shape index (κ2) is 5.60. The minimum absolute atomic E-state index is 0.240. The quantitative estimate of drug-likeness (QED) is 0.907. The van der Waals surface area contributed by atoms with E-state index in [0.29, 0.717) is 24.8 Å². The molecule has 1 N–H and O–H groups in total. The molecule has 1 fully saturated rings. The number of aliphatic hydroxyl groups is 1. The van der Waals surface area contributed by atoms with Gasteiger partial charge in [0.15, 0.2) is 0 Å². The Hall–Kier alpha value is -1.92. The normalized spacial score (nSPS) is 19.4. The zero-order valence-corrected chi connectivity index (χ0v) is 11.3. The van der Waals surface area contributed by atoms with Crippen LogP contribution in [0.25, 0.3) is 11.4 Å². The van der Waals surface area contributed by atoms with Crippen molar-refractivity contribution in [3.8, 4) is 17.1 Å². The maximum absolute atomic E-state index is 9.50. The van der Waals surface area contributed by atoms with Crippen molar-refractivity contribution in [1.82, 2.24) is 15.0 Å². The summed E-state index contributed by atoms with van der Waals surface area (Å²) in [7, 11) is 1.62. The van der Waals surface area contributed by atoms with Crippen LogP contribution < -0.4 is 4.74 Å². The number of β-amino-alcohol motifs (C(OH)–C–C–N with tert-alkyl or cyclic N) is 1. The van der Waals surface area contributed by atoms with E-state index in [9.17, 15) is 5.11 Å². The summed E-state index contributed by atoms with van der Waals surface area (Å²) >= 11 is 0. The number of ether oxygens (including phenoxy) is 1. The van der Waals surface area contributed by atoms with Crippen molar-refractivity contribution in [1.29, 1.82) is 0 Å². The number of methoxy groups -OCH3 is 1. The van der Waals surface area contributed by atoms with E-state index >= 15 is 0 Å². The molecule has 6 heteroatoms. The van der Waals surface area contributed by atoms with E-state index in [1.807, 2.05) is 24.3 Å². The Morgan fingerprint density at radius 3 is 3.15 bits per heavy atom. The van der Waals surface area contributed by atoms with Gasteiger partial charge < -0.3 is 14.4 Å². The Labute approximate surface area is 117 Å². The van der Waals surface area contributed by atoms with Gasteiger partial charge in [-0.2, -0.15) is 4.98 Å². The van der Waals surface area contributed by atoms with E-state index in [4.69, 9.17) is 9.26 Å². The van der Waals surface area contributed by atoms with Crippen molar-refractivity contribution in [2.24, 2.45) is 0 Å². The van der Waals surface area contributed by atoms with E-state index in [2.05, 4.69) is 15.0 Å². The monoisotopic (exact) mass is 275 g/mol. The van der Waals surface area contributed by atoms with Gasteiger partial charge in [-0.3, -0.25) is 4.90 Å². The summed E-state index contributed by atoms with van der Waals surface area (Å²) in [5.41, 5.74) is 0.862. The number of hydrogen-bond donors (Lipinski definition) is 1. The molecule has 1 aromatic carbocycles. The fourth-order valence-corrected chi connectivity index (χ4v) is 2.35. The molecule has 0 radical (unpaired) electrons. The Bertz CT molecular complexity index is 585. The van der Waals surface area contributed by atoms with Gasteiger partial charge in [0.1, 0.15) is 5.75 Å². The average Bonchev–Trinajstić information content (AvgIpc) is 3.09. The highest BCUT2D eigenvalue weighted by Gasteiger charge is 2.22. The number of aromatic nitrogens is 2. The van der Waals surface area contributed by atoms with Crippen molar-refractivity contribution < 1.29 is 14.4 Å². The Kier molecular flexibility index (Phi) is 3.66. The fourth-order valence-electron chi connectivity index (χ4n) is 2.35. The maximum atomic E-state index is 9.50. The molecule has 0 aliphatic carbocycles. The van der Waals surface area contributed by atoms with E-state index in [0.717, 1.165) is 24.3 Å². The minimum atomic E-state index is -0.240. The van der Waals surface area contributed by atoms with E-state index < -0.39 is 0 Å². The second-order valence-electron chi connectivity index (χ2n) is 4.92. The summed E-state index contributed by atoms with van der Waals surface area (Å²) in [6, 6.07) is 7.54. The first-order valence-corrected chi connectivity index (χ1v) is 6.62. The van der Waals surface area contributed by atoms with Crippen molar-refractivity contribution in [3.05, 3.63) is 30.2 Å². The number of likely N-dealkylation sites (tertiary alicyclic amines) is 1. The average molecular weight is 275 g/mol. The first kappa shape index (κ1) is 13.1. The molecule has 1 unspecified atom stereocenters. The summed E-state index contributed by atoms with van der Waals surface area (Å²) in [5.74, 6) is 1.88. The van der Waals surface area contributed by atoms with Gasteiger partial charge in [0.05, 0.1) is 19.8 Å². The summed E-state index contributed by atoms with van der Waals surface area (Å²) < 4.78 is 10.4. The van der Waals surface area contributed by atoms with E-state index in [-0.39, 0.29) is 6.10 Å². The third kappa shape index (κ3) is 2.81. The Morgan fingerprint density at radius 1 is 1.50 bits per heavy atom. The summed E-state index contributed by atoms with van der Waals surface area (Å²) in [6.07, 6.45) is 0.562. The van der Waals surface area contributed by atoms with E-state index in [1.165, 1.54) is 0 Å². The number of hydrogen-bond acceptors (Lipinski definition) is 6. The minimum Gasteiger partial charge on any atom is -0.497 e. The molecule has 0 spiro atoms. The van der Waals surface area contributed by atoms with Gasteiger partial charge in [0.25, 0.3) is 0 Å². The van der Waals surface area contributed by atoms with E-state index in [1.54, 1.807) is 7.11 Å². The molecule has 1 atom stereocenters. The first-order chi connectivity index (χ1) is 9.74. The lowest BCUT2D eigenvalue weighted by Crippen LogP contribution is -2.21. The molecule has 0 amide bonds. The lowest BCUT2D eigenvalue weighted by molar-refractivity contribution is 0.169. The molecule has 6 nitrogen and oxygen atoms in total. The number of nitrogens with zero attached hydrogens (tertiary/aromatic N) is 3. The topological polar surface area (TPSA) is 71.6 Å².